The van der Waals surface area contributed by atoms with Gasteiger partial charge in [-0.1, -0.05) is 6.92 Å². The highest BCUT2D eigenvalue weighted by atomic mass is 15.7. The Morgan fingerprint density at radius 3 is 2.57 bits per heavy atom. The van der Waals surface area contributed by atoms with Gasteiger partial charge in [0.1, 0.15) is 0 Å². The fourth-order valence-corrected chi connectivity index (χ4v) is 0.573. The molecule has 0 spiro atoms. The first kappa shape index (κ1) is 5.06. The van der Waals surface area contributed by atoms with Gasteiger partial charge in [-0.05, 0) is 13.3 Å². The van der Waals surface area contributed by atoms with Crippen LogP contribution in [0.15, 0.2) is 0 Å². The fraction of sp³-hybridized carbons (Fsp3) is 1.00. The molecule has 1 rings (SSSR count). The average Bonchev–Trinajstić information content (AvgIpc) is 2.44. The molecule has 0 bridgehead atoms. The number of nitrogens with one attached hydrogen (secondary N) is 1. The van der Waals surface area contributed by atoms with Crippen molar-refractivity contribution >= 4 is 0 Å². The second kappa shape index (κ2) is 1.80. The first-order valence-corrected chi connectivity index (χ1v) is 2.84. The van der Waals surface area contributed by atoms with Gasteiger partial charge in [-0.25, -0.2) is 10.4 Å². The predicted octanol–water partition coefficient (Wildman–Crippen LogP) is 0.563. The summed E-state index contributed by atoms with van der Waals surface area (Å²) in [6.45, 7) is 5.51. The van der Waals surface area contributed by atoms with Crippen molar-refractivity contribution in [3.05, 3.63) is 0 Å². The molecule has 1 aliphatic rings. The molecular formula is C5H12N2. The Labute approximate surface area is 44.5 Å². The summed E-state index contributed by atoms with van der Waals surface area (Å²) in [4.78, 5) is 0. The minimum absolute atomic E-state index is 0.736. The lowest BCUT2D eigenvalue weighted by atomic mass is 10.3. The van der Waals surface area contributed by atoms with Gasteiger partial charge in [0.05, 0.1) is 6.67 Å². The van der Waals surface area contributed by atoms with Crippen LogP contribution in [0.25, 0.3) is 0 Å². The van der Waals surface area contributed by atoms with E-state index in [1.54, 1.807) is 0 Å². The normalized spacial score (nSPS) is 32.6. The zero-order valence-electron chi connectivity index (χ0n) is 4.94. The third-order valence-electron chi connectivity index (χ3n) is 1.46. The van der Waals surface area contributed by atoms with Crippen LogP contribution in [-0.2, 0) is 0 Å². The number of nitrogens with zero attached hydrogens (tertiary/aromatic N) is 1. The van der Waals surface area contributed by atoms with Gasteiger partial charge >= 0.3 is 0 Å². The minimum Gasteiger partial charge on any atom is -0.238 e. The maximum Gasteiger partial charge on any atom is 0.0757 e. The van der Waals surface area contributed by atoms with Crippen LogP contribution >= 0.6 is 0 Å². The van der Waals surface area contributed by atoms with E-state index in [4.69, 9.17) is 0 Å². The molecule has 1 aliphatic heterocycles. The van der Waals surface area contributed by atoms with Crippen LogP contribution < -0.4 is 5.43 Å². The van der Waals surface area contributed by atoms with E-state index in [9.17, 15) is 0 Å². The summed E-state index contributed by atoms with van der Waals surface area (Å²) in [7, 11) is 0. The van der Waals surface area contributed by atoms with Crippen LogP contribution in [0.2, 0.25) is 0 Å². The third-order valence-corrected chi connectivity index (χ3v) is 1.46. The largest absolute Gasteiger partial charge is 0.238 e. The molecule has 0 aromatic carbocycles. The molecule has 1 fully saturated rings. The topological polar surface area (TPSA) is 25.0 Å². The molecule has 1 heterocycles. The Hall–Kier alpha value is -0.0800. The first-order chi connectivity index (χ1) is 3.34. The van der Waals surface area contributed by atoms with Gasteiger partial charge in [-0.2, -0.15) is 0 Å². The molecular weight excluding hydrogens is 88.1 g/mol. The van der Waals surface area contributed by atoms with Crippen molar-refractivity contribution in [3.63, 3.8) is 0 Å². The Bertz CT molecular complexity index is 59.1. The van der Waals surface area contributed by atoms with Crippen LogP contribution in [0.5, 0.6) is 0 Å². The first-order valence-electron chi connectivity index (χ1n) is 2.84. The van der Waals surface area contributed by atoms with E-state index in [0.717, 1.165) is 12.7 Å². The van der Waals surface area contributed by atoms with Gasteiger partial charge in [0.15, 0.2) is 0 Å². The molecule has 0 amide bonds. The molecule has 7 heavy (non-hydrogen) atoms. The zero-order chi connectivity index (χ0) is 5.28. The van der Waals surface area contributed by atoms with E-state index in [1.807, 2.05) is 0 Å². The van der Waals surface area contributed by atoms with E-state index >= 15 is 0 Å². The zero-order valence-corrected chi connectivity index (χ0v) is 4.94. The van der Waals surface area contributed by atoms with Gasteiger partial charge in [0, 0.05) is 6.04 Å². The molecule has 2 nitrogen and oxygen atoms in total. The van der Waals surface area contributed by atoms with Crippen molar-refractivity contribution in [2.24, 2.45) is 0 Å². The Kier molecular flexibility index (Phi) is 1.30. The van der Waals surface area contributed by atoms with E-state index in [2.05, 4.69) is 24.3 Å². The lowest BCUT2D eigenvalue weighted by Crippen LogP contribution is -2.14. The van der Waals surface area contributed by atoms with E-state index < -0.39 is 0 Å². The molecule has 0 aromatic rings. The van der Waals surface area contributed by atoms with Crippen LogP contribution in [0.4, 0.5) is 0 Å². The summed E-state index contributed by atoms with van der Waals surface area (Å²) < 4.78 is 0. The third kappa shape index (κ3) is 1.14. The summed E-state index contributed by atoms with van der Waals surface area (Å²) in [5, 5.41) is 2.22. The lowest BCUT2D eigenvalue weighted by Gasteiger charge is -2.04. The monoisotopic (exact) mass is 100 g/mol. The highest BCUT2D eigenvalue weighted by Gasteiger charge is 2.20. The fourth-order valence-electron chi connectivity index (χ4n) is 0.573. The molecule has 42 valence electrons. The van der Waals surface area contributed by atoms with Crippen molar-refractivity contribution in [1.82, 2.24) is 10.4 Å². The van der Waals surface area contributed by atoms with Crippen LogP contribution in [-0.4, -0.2) is 17.7 Å². The summed E-state index contributed by atoms with van der Waals surface area (Å²) in [6, 6.07) is 0.736. The number of hydrogen-bond donors (Lipinski definition) is 1. The quantitative estimate of drug-likeness (QED) is 0.513. The van der Waals surface area contributed by atoms with Crippen LogP contribution in [0, 0.1) is 0 Å². The van der Waals surface area contributed by atoms with Gasteiger partial charge in [-0.3, -0.25) is 0 Å². The summed E-state index contributed by atoms with van der Waals surface area (Å²) in [6.07, 6.45) is 1.24. The molecule has 1 N–H and O–H groups in total. The molecule has 2 unspecified atom stereocenters. The van der Waals surface area contributed by atoms with Crippen molar-refractivity contribution in [2.75, 3.05) is 6.67 Å². The Morgan fingerprint density at radius 1 is 1.86 bits per heavy atom. The van der Waals surface area contributed by atoms with Gasteiger partial charge in [-0.15, -0.1) is 0 Å². The maximum atomic E-state index is 3.12. The standard InChI is InChI=1S/C5H12N2/c1-3-5(2)7-4-6-7/h5-6H,3-4H2,1-2H3. The molecule has 0 aliphatic carbocycles. The highest BCUT2D eigenvalue weighted by Crippen LogP contribution is 2.05. The summed E-state index contributed by atoms with van der Waals surface area (Å²) in [5.41, 5.74) is 3.12. The van der Waals surface area contributed by atoms with Crippen molar-refractivity contribution in [3.8, 4) is 0 Å². The lowest BCUT2D eigenvalue weighted by molar-refractivity contribution is 0.385. The molecule has 0 saturated carbocycles. The molecule has 0 radical (unpaired) electrons. The number of hydrogen-bond acceptors (Lipinski definition) is 2. The van der Waals surface area contributed by atoms with Gasteiger partial charge in [0.2, 0.25) is 0 Å². The molecule has 2 heteroatoms. The Balaban J connectivity index is 2.10. The summed E-state index contributed by atoms with van der Waals surface area (Å²) in [5.74, 6) is 0. The summed E-state index contributed by atoms with van der Waals surface area (Å²) >= 11 is 0. The average molecular weight is 100 g/mol. The van der Waals surface area contributed by atoms with Gasteiger partial charge < -0.3 is 0 Å². The van der Waals surface area contributed by atoms with E-state index in [-0.39, 0.29) is 0 Å². The SMILES string of the molecule is CCC(C)N1CN1. The van der Waals surface area contributed by atoms with Crippen molar-refractivity contribution < 1.29 is 0 Å². The maximum absolute atomic E-state index is 3.12. The number of rotatable bonds is 2. The van der Waals surface area contributed by atoms with E-state index in [0.29, 0.717) is 0 Å². The van der Waals surface area contributed by atoms with Crippen molar-refractivity contribution in [1.29, 1.82) is 0 Å². The van der Waals surface area contributed by atoms with Crippen LogP contribution in [0.3, 0.4) is 0 Å². The number of hydrazine groups is 1. The molecule has 1 saturated heterocycles. The smallest absolute Gasteiger partial charge is 0.0757 e. The minimum atomic E-state index is 0.736. The van der Waals surface area contributed by atoms with E-state index in [1.165, 1.54) is 6.42 Å². The highest BCUT2D eigenvalue weighted by molar-refractivity contribution is 4.67. The Morgan fingerprint density at radius 2 is 2.43 bits per heavy atom. The van der Waals surface area contributed by atoms with Crippen LogP contribution in [0.1, 0.15) is 20.3 Å². The van der Waals surface area contributed by atoms with Crippen molar-refractivity contribution in [2.45, 2.75) is 26.3 Å². The molecule has 0 aromatic heterocycles. The second-order valence-electron chi connectivity index (χ2n) is 2.04. The second-order valence-corrected chi connectivity index (χ2v) is 2.04. The predicted molar refractivity (Wildman–Crippen MR) is 29.6 cm³/mol. The molecule has 2 atom stereocenters. The van der Waals surface area contributed by atoms with Gasteiger partial charge in [0.25, 0.3) is 0 Å².